The molecule has 1 rings (SSSR count). The molecule has 86 valence electrons. The van der Waals surface area contributed by atoms with E-state index in [0.29, 0.717) is 6.42 Å². The van der Waals surface area contributed by atoms with Crippen molar-refractivity contribution in [2.75, 3.05) is 18.4 Å². The summed E-state index contributed by atoms with van der Waals surface area (Å²) in [4.78, 5) is 11.2. The first-order chi connectivity index (χ1) is 8.26. The first kappa shape index (κ1) is 12.5. The molecule has 0 heterocycles. The van der Waals surface area contributed by atoms with Gasteiger partial charge in [-0.25, -0.2) is 0 Å². The van der Waals surface area contributed by atoms with Crippen LogP contribution in [0.25, 0.3) is 0 Å². The van der Waals surface area contributed by atoms with Crippen molar-refractivity contribution in [2.24, 2.45) is 0 Å². The third kappa shape index (κ3) is 4.67. The van der Waals surface area contributed by atoms with Crippen molar-refractivity contribution in [2.45, 2.75) is 6.42 Å². The number of carbonyl (C=O) groups excluding carboxylic acids is 1. The van der Waals surface area contributed by atoms with Gasteiger partial charge in [0.25, 0.3) is 0 Å². The molecule has 0 fully saturated rings. The number of hydrogen-bond donors (Lipinski definition) is 2. The van der Waals surface area contributed by atoms with Crippen molar-refractivity contribution in [1.82, 2.24) is 5.32 Å². The zero-order valence-electron chi connectivity index (χ0n) is 9.23. The van der Waals surface area contributed by atoms with E-state index in [-0.39, 0.29) is 19.0 Å². The van der Waals surface area contributed by atoms with Crippen LogP contribution in [-0.4, -0.2) is 19.0 Å². The minimum Gasteiger partial charge on any atom is -0.376 e. The van der Waals surface area contributed by atoms with E-state index >= 15 is 0 Å². The molecule has 1 aromatic rings. The minimum absolute atomic E-state index is 0.0155. The zero-order chi connectivity index (χ0) is 12.5. The van der Waals surface area contributed by atoms with E-state index in [0.717, 1.165) is 11.3 Å². The van der Waals surface area contributed by atoms with Gasteiger partial charge < -0.3 is 10.6 Å². The lowest BCUT2D eigenvalue weighted by atomic mass is 10.1. The summed E-state index contributed by atoms with van der Waals surface area (Å²) in [6, 6.07) is 11.2. The van der Waals surface area contributed by atoms with E-state index < -0.39 is 0 Å². The number of amides is 1. The second-order valence-corrected chi connectivity index (χ2v) is 3.32. The van der Waals surface area contributed by atoms with Gasteiger partial charge in [0.05, 0.1) is 25.1 Å². The molecule has 0 atom stereocenters. The van der Waals surface area contributed by atoms with Gasteiger partial charge in [-0.1, -0.05) is 12.1 Å². The molecule has 0 aliphatic heterocycles. The van der Waals surface area contributed by atoms with Crippen molar-refractivity contribution in [3.8, 4) is 12.1 Å². The van der Waals surface area contributed by atoms with Crippen molar-refractivity contribution >= 4 is 11.6 Å². The highest BCUT2D eigenvalue weighted by Crippen LogP contribution is 2.09. The molecule has 0 bridgehead atoms. The van der Waals surface area contributed by atoms with Gasteiger partial charge in [-0.2, -0.15) is 10.5 Å². The first-order valence-electron chi connectivity index (χ1n) is 5.09. The molecule has 1 aromatic carbocycles. The number of anilines is 1. The van der Waals surface area contributed by atoms with Crippen LogP contribution in [-0.2, 0) is 11.2 Å². The van der Waals surface area contributed by atoms with Crippen LogP contribution in [0.15, 0.2) is 24.3 Å². The fraction of sp³-hybridized carbons (Fsp3) is 0.250. The molecule has 0 radical (unpaired) electrons. The lowest BCUT2D eigenvalue weighted by Crippen LogP contribution is -2.29. The summed E-state index contributed by atoms with van der Waals surface area (Å²) in [6.07, 6.45) is 0.378. The van der Waals surface area contributed by atoms with Crippen molar-refractivity contribution < 1.29 is 4.79 Å². The maximum absolute atomic E-state index is 11.2. The Labute approximate surface area is 99.7 Å². The highest BCUT2D eigenvalue weighted by atomic mass is 16.1. The van der Waals surface area contributed by atoms with Crippen LogP contribution < -0.4 is 10.6 Å². The summed E-state index contributed by atoms with van der Waals surface area (Å²) < 4.78 is 0. The average molecular weight is 228 g/mol. The van der Waals surface area contributed by atoms with Crippen molar-refractivity contribution in [1.29, 1.82) is 10.5 Å². The van der Waals surface area contributed by atoms with E-state index in [1.165, 1.54) is 0 Å². The van der Waals surface area contributed by atoms with Crippen LogP contribution >= 0.6 is 0 Å². The number of hydrogen-bond acceptors (Lipinski definition) is 4. The fourth-order valence-corrected chi connectivity index (χ4v) is 1.21. The van der Waals surface area contributed by atoms with Gasteiger partial charge in [-0.05, 0) is 17.7 Å². The second-order valence-electron chi connectivity index (χ2n) is 3.32. The first-order valence-corrected chi connectivity index (χ1v) is 5.09. The Kier molecular flexibility index (Phi) is 5.06. The van der Waals surface area contributed by atoms with Crippen LogP contribution in [0, 0.1) is 22.7 Å². The van der Waals surface area contributed by atoms with E-state index in [1.54, 1.807) is 0 Å². The second kappa shape index (κ2) is 6.86. The Morgan fingerprint density at radius 3 is 2.47 bits per heavy atom. The fourth-order valence-electron chi connectivity index (χ4n) is 1.21. The Morgan fingerprint density at radius 1 is 1.18 bits per heavy atom. The normalized spacial score (nSPS) is 8.82. The third-order valence-corrected chi connectivity index (χ3v) is 2.05. The topological polar surface area (TPSA) is 88.7 Å². The molecule has 5 heteroatoms. The number of rotatable bonds is 5. The Bertz CT molecular complexity index is 453. The molecule has 0 spiro atoms. The zero-order valence-corrected chi connectivity index (χ0v) is 9.23. The van der Waals surface area contributed by atoms with Crippen molar-refractivity contribution in [3.05, 3.63) is 29.8 Å². The Morgan fingerprint density at radius 2 is 1.88 bits per heavy atom. The summed E-state index contributed by atoms with van der Waals surface area (Å²) in [5, 5.41) is 22.1. The van der Waals surface area contributed by atoms with Gasteiger partial charge in [0.1, 0.15) is 6.54 Å². The molecule has 0 saturated carbocycles. The monoisotopic (exact) mass is 228 g/mol. The van der Waals surface area contributed by atoms with Gasteiger partial charge >= 0.3 is 0 Å². The van der Waals surface area contributed by atoms with Crippen LogP contribution in [0.5, 0.6) is 0 Å². The molecule has 17 heavy (non-hydrogen) atoms. The van der Waals surface area contributed by atoms with Gasteiger partial charge in [-0.3, -0.25) is 4.79 Å². The molecule has 0 aliphatic carbocycles. The van der Waals surface area contributed by atoms with Crippen LogP contribution in [0.1, 0.15) is 5.56 Å². The molecule has 0 saturated heterocycles. The average Bonchev–Trinajstić information content (AvgIpc) is 2.36. The lowest BCUT2D eigenvalue weighted by Gasteiger charge is -2.06. The van der Waals surface area contributed by atoms with Gasteiger partial charge in [-0.15, -0.1) is 0 Å². The smallest absolute Gasteiger partial charge is 0.240 e. The summed E-state index contributed by atoms with van der Waals surface area (Å²) >= 11 is 0. The molecule has 1 amide bonds. The molecule has 2 N–H and O–H groups in total. The van der Waals surface area contributed by atoms with Crippen LogP contribution in [0.4, 0.5) is 5.69 Å². The number of nitrogens with one attached hydrogen (secondary N) is 2. The summed E-state index contributed by atoms with van der Waals surface area (Å²) in [6.45, 7) is 0.140. The van der Waals surface area contributed by atoms with E-state index in [9.17, 15) is 4.79 Å². The van der Waals surface area contributed by atoms with E-state index in [2.05, 4.69) is 16.7 Å². The van der Waals surface area contributed by atoms with Crippen LogP contribution in [0.2, 0.25) is 0 Å². The highest BCUT2D eigenvalue weighted by molar-refractivity contribution is 5.80. The summed E-state index contributed by atoms with van der Waals surface area (Å²) in [7, 11) is 0. The number of benzene rings is 1. The van der Waals surface area contributed by atoms with Crippen molar-refractivity contribution in [3.63, 3.8) is 0 Å². The SMILES string of the molecule is N#CCNC(=O)CNc1ccc(CC#N)cc1. The number of nitriles is 2. The molecule has 5 nitrogen and oxygen atoms in total. The highest BCUT2D eigenvalue weighted by Gasteiger charge is 1.99. The Balaban J connectivity index is 2.40. The Hall–Kier alpha value is -2.53. The largest absolute Gasteiger partial charge is 0.376 e. The predicted octanol–water partition coefficient (Wildman–Crippen LogP) is 0.804. The van der Waals surface area contributed by atoms with Gasteiger partial charge in [0.2, 0.25) is 5.91 Å². The molecular formula is C12H12N4O. The van der Waals surface area contributed by atoms with Crippen LogP contribution in [0.3, 0.4) is 0 Å². The minimum atomic E-state index is -0.229. The molecule has 0 aromatic heterocycles. The van der Waals surface area contributed by atoms with E-state index in [1.807, 2.05) is 30.3 Å². The predicted molar refractivity (Wildman–Crippen MR) is 62.9 cm³/mol. The summed E-state index contributed by atoms with van der Waals surface area (Å²) in [5.74, 6) is -0.229. The standard InChI is InChI=1S/C12H12N4O/c13-6-5-10-1-3-11(4-2-10)16-9-12(17)15-8-7-14/h1-4,16H,5,8-9H2,(H,15,17). The quantitative estimate of drug-likeness (QED) is 0.730. The number of carbonyl (C=O) groups is 1. The maximum Gasteiger partial charge on any atom is 0.240 e. The number of nitrogens with zero attached hydrogens (tertiary/aromatic N) is 2. The lowest BCUT2D eigenvalue weighted by molar-refractivity contribution is -0.119. The maximum atomic E-state index is 11.2. The van der Waals surface area contributed by atoms with Gasteiger partial charge in [0, 0.05) is 5.69 Å². The molecule has 0 aliphatic rings. The van der Waals surface area contributed by atoms with Gasteiger partial charge in [0.15, 0.2) is 0 Å². The van der Waals surface area contributed by atoms with E-state index in [4.69, 9.17) is 10.5 Å². The molecule has 0 unspecified atom stereocenters. The summed E-state index contributed by atoms with van der Waals surface area (Å²) in [5.41, 5.74) is 1.74. The molecular weight excluding hydrogens is 216 g/mol. The third-order valence-electron chi connectivity index (χ3n) is 2.05.